The van der Waals surface area contributed by atoms with E-state index < -0.39 is 10.0 Å². The van der Waals surface area contributed by atoms with Crippen LogP contribution in [0.25, 0.3) is 0 Å². The SMILES string of the molecule is CC(C)c1ccc2c(c1)CCC1C(C)(CNS(C)(=O)=O)CCCC21C. The fourth-order valence-corrected chi connectivity index (χ4v) is 6.10. The molecule has 1 saturated carbocycles. The summed E-state index contributed by atoms with van der Waals surface area (Å²) in [5, 5.41) is 0. The van der Waals surface area contributed by atoms with E-state index in [2.05, 4.69) is 50.6 Å². The fraction of sp³-hybridized carbons (Fsp3) is 0.714. The van der Waals surface area contributed by atoms with Gasteiger partial charge in [0.2, 0.25) is 10.0 Å². The first-order valence-electron chi connectivity index (χ1n) is 9.63. The predicted octanol–water partition coefficient (Wildman–Crippen LogP) is 4.37. The monoisotopic (exact) mass is 363 g/mol. The molecule has 25 heavy (non-hydrogen) atoms. The molecule has 3 rings (SSSR count). The van der Waals surface area contributed by atoms with Gasteiger partial charge in [-0.25, -0.2) is 13.1 Å². The molecule has 2 aliphatic carbocycles. The molecule has 140 valence electrons. The van der Waals surface area contributed by atoms with E-state index in [0.29, 0.717) is 18.4 Å². The summed E-state index contributed by atoms with van der Waals surface area (Å²) >= 11 is 0. The fourth-order valence-electron chi connectivity index (χ4n) is 5.51. The summed E-state index contributed by atoms with van der Waals surface area (Å²) in [6.45, 7) is 9.78. The molecule has 1 aromatic carbocycles. The van der Waals surface area contributed by atoms with Gasteiger partial charge in [0.25, 0.3) is 0 Å². The van der Waals surface area contributed by atoms with Crippen molar-refractivity contribution in [1.29, 1.82) is 0 Å². The number of sulfonamides is 1. The Hall–Kier alpha value is -0.870. The number of fused-ring (bicyclic) bond motifs is 3. The Bertz CT molecular complexity index is 755. The normalized spacial score (nSPS) is 32.3. The zero-order valence-corrected chi connectivity index (χ0v) is 17.2. The van der Waals surface area contributed by atoms with Crippen LogP contribution in [-0.2, 0) is 21.9 Å². The van der Waals surface area contributed by atoms with E-state index in [4.69, 9.17) is 0 Å². The van der Waals surface area contributed by atoms with Crippen LogP contribution in [0, 0.1) is 11.3 Å². The molecule has 0 bridgehead atoms. The molecule has 3 nitrogen and oxygen atoms in total. The lowest BCUT2D eigenvalue weighted by Crippen LogP contribution is -2.53. The lowest BCUT2D eigenvalue weighted by atomic mass is 9.50. The molecular weight excluding hydrogens is 330 g/mol. The summed E-state index contributed by atoms with van der Waals surface area (Å²) in [6.07, 6.45) is 7.02. The molecule has 0 radical (unpaired) electrons. The van der Waals surface area contributed by atoms with Gasteiger partial charge in [-0.3, -0.25) is 0 Å². The molecule has 1 fully saturated rings. The number of rotatable bonds is 4. The molecule has 0 aromatic heterocycles. The molecule has 4 heteroatoms. The van der Waals surface area contributed by atoms with Gasteiger partial charge >= 0.3 is 0 Å². The lowest BCUT2D eigenvalue weighted by Gasteiger charge is -2.55. The molecular formula is C21H33NO2S. The summed E-state index contributed by atoms with van der Waals surface area (Å²) < 4.78 is 26.1. The Balaban J connectivity index is 1.95. The van der Waals surface area contributed by atoms with Crippen LogP contribution in [0.5, 0.6) is 0 Å². The second kappa shape index (κ2) is 6.38. The van der Waals surface area contributed by atoms with Crippen molar-refractivity contribution in [3.8, 4) is 0 Å². The minimum absolute atomic E-state index is 0.0322. The molecule has 3 unspecified atom stereocenters. The van der Waals surface area contributed by atoms with Gasteiger partial charge in [-0.05, 0) is 65.0 Å². The van der Waals surface area contributed by atoms with E-state index in [9.17, 15) is 8.42 Å². The highest BCUT2D eigenvalue weighted by molar-refractivity contribution is 7.88. The van der Waals surface area contributed by atoms with E-state index in [1.54, 1.807) is 0 Å². The third-order valence-electron chi connectivity index (χ3n) is 6.91. The third-order valence-corrected chi connectivity index (χ3v) is 7.57. The van der Waals surface area contributed by atoms with Crippen molar-refractivity contribution in [2.24, 2.45) is 11.3 Å². The van der Waals surface area contributed by atoms with E-state index >= 15 is 0 Å². The quantitative estimate of drug-likeness (QED) is 0.863. The first-order valence-corrected chi connectivity index (χ1v) is 11.5. The van der Waals surface area contributed by atoms with Crippen LogP contribution in [-0.4, -0.2) is 21.2 Å². The Morgan fingerprint density at radius 3 is 2.60 bits per heavy atom. The average Bonchev–Trinajstić information content (AvgIpc) is 2.52. The molecule has 2 aliphatic rings. The summed E-state index contributed by atoms with van der Waals surface area (Å²) in [5.74, 6) is 1.09. The van der Waals surface area contributed by atoms with Crippen molar-refractivity contribution >= 4 is 10.0 Å². The van der Waals surface area contributed by atoms with Crippen LogP contribution in [0.1, 0.15) is 76.0 Å². The number of hydrogen-bond acceptors (Lipinski definition) is 2. The summed E-state index contributed by atoms with van der Waals surface area (Å²) in [7, 11) is -3.14. The van der Waals surface area contributed by atoms with Crippen molar-refractivity contribution in [1.82, 2.24) is 4.72 Å². The molecule has 0 amide bonds. The highest BCUT2D eigenvalue weighted by Crippen LogP contribution is 2.57. The van der Waals surface area contributed by atoms with Gasteiger partial charge in [0.05, 0.1) is 6.26 Å². The van der Waals surface area contributed by atoms with E-state index in [-0.39, 0.29) is 10.8 Å². The van der Waals surface area contributed by atoms with Crippen LogP contribution in [0.2, 0.25) is 0 Å². The second-order valence-corrected chi connectivity index (χ2v) is 11.0. The zero-order chi connectivity index (χ0) is 18.5. The van der Waals surface area contributed by atoms with Gasteiger partial charge in [0.15, 0.2) is 0 Å². The van der Waals surface area contributed by atoms with E-state index in [1.165, 1.54) is 35.8 Å². The Labute approximate surface area is 153 Å². The minimum Gasteiger partial charge on any atom is -0.215 e. The average molecular weight is 364 g/mol. The van der Waals surface area contributed by atoms with Gasteiger partial charge in [0.1, 0.15) is 0 Å². The van der Waals surface area contributed by atoms with Crippen LogP contribution in [0.15, 0.2) is 18.2 Å². The molecule has 0 spiro atoms. The molecule has 1 N–H and O–H groups in total. The maximum atomic E-state index is 11.6. The van der Waals surface area contributed by atoms with Crippen LogP contribution >= 0.6 is 0 Å². The van der Waals surface area contributed by atoms with Crippen LogP contribution < -0.4 is 4.72 Å². The number of aryl methyl sites for hydroxylation is 1. The van der Waals surface area contributed by atoms with Crippen molar-refractivity contribution in [2.45, 2.75) is 71.1 Å². The van der Waals surface area contributed by atoms with E-state index in [1.807, 2.05) is 0 Å². The molecule has 3 atom stereocenters. The van der Waals surface area contributed by atoms with Gasteiger partial charge in [-0.15, -0.1) is 0 Å². The van der Waals surface area contributed by atoms with Crippen LogP contribution in [0.3, 0.4) is 0 Å². The van der Waals surface area contributed by atoms with Crippen molar-refractivity contribution in [2.75, 3.05) is 12.8 Å². The predicted molar refractivity (Wildman–Crippen MR) is 104 cm³/mol. The van der Waals surface area contributed by atoms with Crippen molar-refractivity contribution in [3.05, 3.63) is 34.9 Å². The molecule has 0 aliphatic heterocycles. The van der Waals surface area contributed by atoms with Gasteiger partial charge in [-0.2, -0.15) is 0 Å². The lowest BCUT2D eigenvalue weighted by molar-refractivity contribution is 0.0299. The number of benzene rings is 1. The highest BCUT2D eigenvalue weighted by Gasteiger charge is 2.51. The maximum Gasteiger partial charge on any atom is 0.208 e. The van der Waals surface area contributed by atoms with Crippen molar-refractivity contribution in [3.63, 3.8) is 0 Å². The standard InChI is InChI=1S/C21H33NO2S/c1-15(2)16-7-9-18-17(13-16)8-10-19-20(3,14-22-25(5,23)24)11-6-12-21(18,19)4/h7,9,13,15,19,22H,6,8,10-12,14H2,1-5H3. The van der Waals surface area contributed by atoms with Crippen molar-refractivity contribution < 1.29 is 8.42 Å². The number of nitrogens with one attached hydrogen (secondary N) is 1. The summed E-state index contributed by atoms with van der Waals surface area (Å²) in [5.41, 5.74) is 4.65. The molecule has 1 aromatic rings. The summed E-state index contributed by atoms with van der Waals surface area (Å²) in [6, 6.07) is 7.09. The first kappa shape index (κ1) is 18.9. The minimum atomic E-state index is -3.14. The summed E-state index contributed by atoms with van der Waals surface area (Å²) in [4.78, 5) is 0. The van der Waals surface area contributed by atoms with Gasteiger partial charge < -0.3 is 0 Å². The topological polar surface area (TPSA) is 46.2 Å². The first-order chi connectivity index (χ1) is 11.6. The number of hydrogen-bond donors (Lipinski definition) is 1. The maximum absolute atomic E-state index is 11.6. The second-order valence-electron chi connectivity index (χ2n) is 9.18. The zero-order valence-electron chi connectivity index (χ0n) is 16.4. The van der Waals surface area contributed by atoms with Crippen LogP contribution in [0.4, 0.5) is 0 Å². The smallest absolute Gasteiger partial charge is 0.208 e. The Morgan fingerprint density at radius 1 is 1.24 bits per heavy atom. The molecule has 0 heterocycles. The van der Waals surface area contributed by atoms with Gasteiger partial charge in [-0.1, -0.05) is 52.3 Å². The third kappa shape index (κ3) is 3.52. The molecule has 0 saturated heterocycles. The highest BCUT2D eigenvalue weighted by atomic mass is 32.2. The van der Waals surface area contributed by atoms with E-state index in [0.717, 1.165) is 19.3 Å². The largest absolute Gasteiger partial charge is 0.215 e. The Kier molecular flexibility index (Phi) is 4.83. The Morgan fingerprint density at radius 2 is 1.96 bits per heavy atom. The van der Waals surface area contributed by atoms with Gasteiger partial charge in [0, 0.05) is 6.54 Å².